The summed E-state index contributed by atoms with van der Waals surface area (Å²) in [5.41, 5.74) is 1.71. The average Bonchev–Trinajstić information content (AvgIpc) is 2.52. The first-order valence-corrected chi connectivity index (χ1v) is 7.58. The van der Waals surface area contributed by atoms with Crippen LogP contribution < -0.4 is 10.1 Å². The van der Waals surface area contributed by atoms with Crippen LogP contribution in [0.25, 0.3) is 0 Å². The van der Waals surface area contributed by atoms with Crippen molar-refractivity contribution in [3.63, 3.8) is 0 Å². The van der Waals surface area contributed by atoms with Crippen LogP contribution >= 0.6 is 0 Å². The maximum absolute atomic E-state index is 5.55. The van der Waals surface area contributed by atoms with Crippen LogP contribution in [-0.2, 0) is 0 Å². The molecule has 0 amide bonds. The number of anilines is 1. The highest BCUT2D eigenvalue weighted by atomic mass is 16.5. The van der Waals surface area contributed by atoms with Gasteiger partial charge in [-0.05, 0) is 50.2 Å². The molecule has 1 atom stereocenters. The molecule has 0 spiro atoms. The largest absolute Gasteiger partial charge is 0.494 e. The second kappa shape index (κ2) is 6.31. The Labute approximate surface area is 117 Å². The van der Waals surface area contributed by atoms with Crippen LogP contribution in [0.5, 0.6) is 5.75 Å². The van der Waals surface area contributed by atoms with Gasteiger partial charge in [0.25, 0.3) is 0 Å². The van der Waals surface area contributed by atoms with Crippen molar-refractivity contribution in [1.29, 1.82) is 0 Å². The van der Waals surface area contributed by atoms with Crippen molar-refractivity contribution in [2.45, 2.75) is 58.9 Å². The van der Waals surface area contributed by atoms with Gasteiger partial charge in [0.1, 0.15) is 5.75 Å². The molecule has 1 aliphatic rings. The van der Waals surface area contributed by atoms with Gasteiger partial charge in [-0.2, -0.15) is 0 Å². The summed E-state index contributed by atoms with van der Waals surface area (Å²) < 4.78 is 5.55. The standard InChI is InChI=1S/C17H27NO/c1-4-19-16-9-5-7-15(13-16)18-14-8-6-11-17(2,3)12-10-14/h5,7,9,13-14,18H,4,6,8,10-12H2,1-3H3. The number of benzene rings is 1. The normalized spacial score (nSPS) is 22.6. The maximum Gasteiger partial charge on any atom is 0.121 e. The summed E-state index contributed by atoms with van der Waals surface area (Å²) in [4.78, 5) is 0. The van der Waals surface area contributed by atoms with E-state index in [9.17, 15) is 0 Å². The first kappa shape index (κ1) is 14.2. The van der Waals surface area contributed by atoms with E-state index in [1.165, 1.54) is 37.8 Å². The summed E-state index contributed by atoms with van der Waals surface area (Å²) in [6.07, 6.45) is 6.55. The molecule has 106 valence electrons. The zero-order valence-electron chi connectivity index (χ0n) is 12.5. The SMILES string of the molecule is CCOc1cccc(NC2CCCC(C)(C)CC2)c1. The van der Waals surface area contributed by atoms with Crippen molar-refractivity contribution in [3.05, 3.63) is 24.3 Å². The van der Waals surface area contributed by atoms with E-state index >= 15 is 0 Å². The Balaban J connectivity index is 1.95. The molecule has 1 aromatic rings. The highest BCUT2D eigenvalue weighted by Crippen LogP contribution is 2.34. The lowest BCUT2D eigenvalue weighted by molar-refractivity contribution is 0.313. The summed E-state index contributed by atoms with van der Waals surface area (Å²) in [7, 11) is 0. The molecule has 1 saturated carbocycles. The van der Waals surface area contributed by atoms with Gasteiger partial charge in [-0.1, -0.05) is 26.3 Å². The van der Waals surface area contributed by atoms with E-state index < -0.39 is 0 Å². The molecule has 1 unspecified atom stereocenters. The van der Waals surface area contributed by atoms with Gasteiger partial charge in [-0.3, -0.25) is 0 Å². The quantitative estimate of drug-likeness (QED) is 0.782. The van der Waals surface area contributed by atoms with E-state index in [2.05, 4.69) is 37.4 Å². The van der Waals surface area contributed by atoms with Gasteiger partial charge in [-0.15, -0.1) is 0 Å². The molecule has 0 aliphatic heterocycles. The maximum atomic E-state index is 5.55. The molecular weight excluding hydrogens is 234 g/mol. The van der Waals surface area contributed by atoms with Gasteiger partial charge in [0.15, 0.2) is 0 Å². The molecule has 1 N–H and O–H groups in total. The van der Waals surface area contributed by atoms with Crippen LogP contribution in [0, 0.1) is 5.41 Å². The summed E-state index contributed by atoms with van der Waals surface area (Å²) in [6.45, 7) is 7.53. The molecule has 2 heteroatoms. The van der Waals surface area contributed by atoms with E-state index in [1.54, 1.807) is 0 Å². The van der Waals surface area contributed by atoms with E-state index in [0.29, 0.717) is 11.5 Å². The Kier molecular flexibility index (Phi) is 4.73. The Morgan fingerprint density at radius 2 is 2.11 bits per heavy atom. The second-order valence-corrected chi connectivity index (χ2v) is 6.40. The van der Waals surface area contributed by atoms with Crippen molar-refractivity contribution < 1.29 is 4.74 Å². The third-order valence-corrected chi connectivity index (χ3v) is 4.09. The fraction of sp³-hybridized carbons (Fsp3) is 0.647. The fourth-order valence-electron chi connectivity index (χ4n) is 2.88. The van der Waals surface area contributed by atoms with Crippen LogP contribution in [0.3, 0.4) is 0 Å². The molecule has 0 heterocycles. The Morgan fingerprint density at radius 1 is 1.26 bits per heavy atom. The molecule has 2 nitrogen and oxygen atoms in total. The van der Waals surface area contributed by atoms with Crippen molar-refractivity contribution in [1.82, 2.24) is 0 Å². The second-order valence-electron chi connectivity index (χ2n) is 6.40. The predicted octanol–water partition coefficient (Wildman–Crippen LogP) is 4.86. The third kappa shape index (κ3) is 4.45. The summed E-state index contributed by atoms with van der Waals surface area (Å²) in [5.74, 6) is 0.960. The molecule has 0 bridgehead atoms. The molecular formula is C17H27NO. The summed E-state index contributed by atoms with van der Waals surface area (Å²) in [5, 5.41) is 3.68. The third-order valence-electron chi connectivity index (χ3n) is 4.09. The topological polar surface area (TPSA) is 21.3 Å². The molecule has 1 fully saturated rings. The van der Waals surface area contributed by atoms with E-state index in [-0.39, 0.29) is 0 Å². The molecule has 2 rings (SSSR count). The molecule has 19 heavy (non-hydrogen) atoms. The van der Waals surface area contributed by atoms with Gasteiger partial charge in [-0.25, -0.2) is 0 Å². The minimum Gasteiger partial charge on any atom is -0.494 e. The van der Waals surface area contributed by atoms with Crippen LogP contribution in [0.1, 0.15) is 52.9 Å². The number of nitrogens with one attached hydrogen (secondary N) is 1. The van der Waals surface area contributed by atoms with Gasteiger partial charge < -0.3 is 10.1 Å². The monoisotopic (exact) mass is 261 g/mol. The lowest BCUT2D eigenvalue weighted by Gasteiger charge is -2.22. The van der Waals surface area contributed by atoms with Crippen molar-refractivity contribution in [2.75, 3.05) is 11.9 Å². The average molecular weight is 261 g/mol. The van der Waals surface area contributed by atoms with Gasteiger partial charge in [0, 0.05) is 17.8 Å². The number of rotatable bonds is 4. The van der Waals surface area contributed by atoms with Crippen LogP contribution in [-0.4, -0.2) is 12.6 Å². The minimum atomic E-state index is 0.517. The lowest BCUT2D eigenvalue weighted by Crippen LogP contribution is -2.19. The Hall–Kier alpha value is -1.18. The van der Waals surface area contributed by atoms with Crippen LogP contribution in [0.4, 0.5) is 5.69 Å². The Bertz CT molecular complexity index is 400. The number of hydrogen-bond donors (Lipinski definition) is 1. The fourth-order valence-corrected chi connectivity index (χ4v) is 2.88. The first-order valence-electron chi connectivity index (χ1n) is 7.58. The van der Waals surface area contributed by atoms with E-state index in [0.717, 1.165) is 12.4 Å². The molecule has 1 aliphatic carbocycles. The molecule has 1 aromatic carbocycles. The predicted molar refractivity (Wildman–Crippen MR) is 81.9 cm³/mol. The zero-order valence-corrected chi connectivity index (χ0v) is 12.5. The first-order chi connectivity index (χ1) is 9.09. The van der Waals surface area contributed by atoms with Gasteiger partial charge in [0.2, 0.25) is 0 Å². The van der Waals surface area contributed by atoms with Crippen LogP contribution in [0.15, 0.2) is 24.3 Å². The summed E-state index contributed by atoms with van der Waals surface area (Å²) in [6, 6.07) is 8.94. The Morgan fingerprint density at radius 3 is 2.89 bits per heavy atom. The number of ether oxygens (including phenoxy) is 1. The molecule has 0 radical (unpaired) electrons. The van der Waals surface area contributed by atoms with Gasteiger partial charge >= 0.3 is 0 Å². The van der Waals surface area contributed by atoms with Crippen molar-refractivity contribution >= 4 is 5.69 Å². The molecule has 0 saturated heterocycles. The van der Waals surface area contributed by atoms with Crippen molar-refractivity contribution in [3.8, 4) is 5.75 Å². The van der Waals surface area contributed by atoms with Crippen molar-refractivity contribution in [2.24, 2.45) is 5.41 Å². The smallest absolute Gasteiger partial charge is 0.121 e. The highest BCUT2D eigenvalue weighted by molar-refractivity contribution is 5.48. The van der Waals surface area contributed by atoms with Crippen LogP contribution in [0.2, 0.25) is 0 Å². The zero-order chi connectivity index (χ0) is 13.7. The number of hydrogen-bond acceptors (Lipinski definition) is 2. The molecule has 0 aromatic heterocycles. The van der Waals surface area contributed by atoms with Gasteiger partial charge in [0.05, 0.1) is 6.61 Å². The van der Waals surface area contributed by atoms with E-state index in [1.807, 2.05) is 13.0 Å². The van der Waals surface area contributed by atoms with E-state index in [4.69, 9.17) is 4.74 Å². The minimum absolute atomic E-state index is 0.517. The highest BCUT2D eigenvalue weighted by Gasteiger charge is 2.24. The summed E-state index contributed by atoms with van der Waals surface area (Å²) >= 11 is 0. The lowest BCUT2D eigenvalue weighted by atomic mass is 9.85.